The maximum absolute atomic E-state index is 16.2. The molecule has 4 aliphatic heterocycles. The minimum absolute atomic E-state index is 0.0842. The van der Waals surface area contributed by atoms with Crippen LogP contribution in [0.4, 0.5) is 15.5 Å². The zero-order valence-corrected chi connectivity index (χ0v) is 27.8. The summed E-state index contributed by atoms with van der Waals surface area (Å²) in [7, 11) is -2.16. The number of carbonyl (C=O) groups excluding carboxylic acids is 4. The molecule has 1 aromatic rings. The van der Waals surface area contributed by atoms with E-state index in [0.29, 0.717) is 49.3 Å². The third-order valence-electron chi connectivity index (χ3n) is 10.1. The summed E-state index contributed by atoms with van der Waals surface area (Å²) in [5.74, 6) is -1.61. The van der Waals surface area contributed by atoms with E-state index < -0.39 is 31.6 Å². The van der Waals surface area contributed by atoms with Crippen LogP contribution in [0.25, 0.3) is 0 Å². The van der Waals surface area contributed by atoms with Crippen LogP contribution in [0.15, 0.2) is 18.2 Å². The fourth-order valence-electron chi connectivity index (χ4n) is 7.97. The lowest BCUT2D eigenvalue weighted by Gasteiger charge is -2.31. The van der Waals surface area contributed by atoms with E-state index in [-0.39, 0.29) is 55.2 Å². The van der Waals surface area contributed by atoms with Gasteiger partial charge in [0.15, 0.2) is 5.60 Å². The van der Waals surface area contributed by atoms with Gasteiger partial charge in [-0.05, 0) is 76.4 Å². The molecule has 11 nitrogen and oxygen atoms in total. The lowest BCUT2D eigenvalue weighted by atomic mass is 9.82. The molecule has 3 fully saturated rings. The minimum Gasteiger partial charge on any atom is -0.469 e. The van der Waals surface area contributed by atoms with Crippen molar-refractivity contribution >= 4 is 43.5 Å². The second kappa shape index (κ2) is 13.5. The molecule has 1 spiro atoms. The highest BCUT2D eigenvalue weighted by atomic mass is 28.4. The second-order valence-corrected chi connectivity index (χ2v) is 17.2. The summed E-state index contributed by atoms with van der Waals surface area (Å²) in [6, 6.07) is 4.75. The number of hydrogen-bond donors (Lipinski definition) is 3. The molecule has 1 aromatic carbocycles. The van der Waals surface area contributed by atoms with Crippen molar-refractivity contribution in [2.24, 2.45) is 5.92 Å². The van der Waals surface area contributed by atoms with Crippen molar-refractivity contribution < 1.29 is 37.9 Å². The number of anilines is 2. The van der Waals surface area contributed by atoms with Crippen LogP contribution in [-0.4, -0.2) is 93.6 Å². The molecule has 3 N–H and O–H groups in total. The van der Waals surface area contributed by atoms with E-state index in [2.05, 4.69) is 10.6 Å². The number of aliphatic hydroxyl groups excluding tert-OH is 1. The van der Waals surface area contributed by atoms with E-state index in [1.807, 2.05) is 6.92 Å². The molecule has 4 aliphatic rings. The van der Waals surface area contributed by atoms with Crippen molar-refractivity contribution in [1.29, 1.82) is 0 Å². The Hall–Kier alpha value is -2.87. The first-order valence-electron chi connectivity index (χ1n) is 16.3. The Kier molecular flexibility index (Phi) is 10.0. The normalized spacial score (nSPS) is 29.5. The molecule has 3 saturated heterocycles. The monoisotopic (exact) mass is 646 g/mol. The Morgan fingerprint density at radius 1 is 1.22 bits per heavy atom. The smallest absolute Gasteiger partial charge is 0.305 e. The molecule has 0 aliphatic carbocycles. The summed E-state index contributed by atoms with van der Waals surface area (Å²) in [4.78, 5) is 56.1. The first-order valence-corrected chi connectivity index (χ1v) is 19.2. The molecule has 3 amide bonds. The Bertz CT molecular complexity index is 1300. The number of carbonyl (C=O) groups is 4. The van der Waals surface area contributed by atoms with Crippen LogP contribution in [0.1, 0.15) is 63.9 Å². The minimum atomic E-state index is -3.50. The third-order valence-corrected chi connectivity index (χ3v) is 12.6. The molecule has 248 valence electrons. The Balaban J connectivity index is 1.49. The molecule has 0 aromatic heterocycles. The average Bonchev–Trinajstić information content (AvgIpc) is 3.79. The topological polar surface area (TPSA) is 138 Å². The molecular weight excluding hydrogens is 599 g/mol. The number of aliphatic hydroxyl groups is 1. The van der Waals surface area contributed by atoms with Gasteiger partial charge >= 0.3 is 5.97 Å². The number of halogens is 1. The van der Waals surface area contributed by atoms with Crippen molar-refractivity contribution in [3.8, 4) is 0 Å². The van der Waals surface area contributed by atoms with Gasteiger partial charge in [-0.15, -0.1) is 0 Å². The largest absolute Gasteiger partial charge is 0.469 e. The maximum atomic E-state index is 16.2. The molecule has 13 heteroatoms. The highest BCUT2D eigenvalue weighted by Crippen LogP contribution is 2.60. The van der Waals surface area contributed by atoms with E-state index in [0.717, 1.165) is 25.8 Å². The standard InChI is InChI=1S/C32H47FN4O7Si/c1-20-29(45(3,4)33)26(18-27(39)36-16-8-9-22(36)19-38)44-32(20)23-17-21(35-30(41)24-10-7-14-34-24)12-13-25(23)37(31(32)42)15-6-5-11-28(40)43-2/h12-13,17,20,22,24,26,29,34,38H,5-11,14-16,18-19H2,1-4H3,(H,35,41)/t20-,22-,24+,26+,29-,32+/m0/s1. The molecule has 0 saturated carbocycles. The second-order valence-electron chi connectivity index (χ2n) is 13.4. The number of ether oxygens (including phenoxy) is 2. The Morgan fingerprint density at radius 2 is 2.00 bits per heavy atom. The molecule has 4 heterocycles. The van der Waals surface area contributed by atoms with Gasteiger partial charge in [0.1, 0.15) is 0 Å². The van der Waals surface area contributed by atoms with Gasteiger partial charge in [0.2, 0.25) is 20.2 Å². The Labute approximate surface area is 265 Å². The van der Waals surface area contributed by atoms with Gasteiger partial charge in [0.05, 0.1) is 44.0 Å². The number of benzene rings is 1. The maximum Gasteiger partial charge on any atom is 0.305 e. The number of fused-ring (bicyclic) bond motifs is 2. The van der Waals surface area contributed by atoms with E-state index in [1.54, 1.807) is 41.1 Å². The fraction of sp³-hybridized carbons (Fsp3) is 0.688. The van der Waals surface area contributed by atoms with Crippen LogP contribution in [0.3, 0.4) is 0 Å². The van der Waals surface area contributed by atoms with Crippen molar-refractivity contribution in [3.05, 3.63) is 23.8 Å². The lowest BCUT2D eigenvalue weighted by Crippen LogP contribution is -2.45. The van der Waals surface area contributed by atoms with Gasteiger partial charge in [0.25, 0.3) is 5.91 Å². The average molecular weight is 647 g/mol. The predicted octanol–water partition coefficient (Wildman–Crippen LogP) is 3.22. The molecule has 0 unspecified atom stereocenters. The number of hydrogen-bond acceptors (Lipinski definition) is 8. The van der Waals surface area contributed by atoms with Crippen LogP contribution >= 0.6 is 0 Å². The number of amides is 3. The molecule has 45 heavy (non-hydrogen) atoms. The van der Waals surface area contributed by atoms with E-state index in [4.69, 9.17) is 9.47 Å². The lowest BCUT2D eigenvalue weighted by molar-refractivity contribution is -0.150. The first-order chi connectivity index (χ1) is 21.4. The zero-order chi connectivity index (χ0) is 32.5. The van der Waals surface area contributed by atoms with E-state index in [1.165, 1.54) is 7.11 Å². The molecular formula is C32H47FN4O7Si. The van der Waals surface area contributed by atoms with Gasteiger partial charge in [-0.2, -0.15) is 0 Å². The number of nitrogens with zero attached hydrogens (tertiary/aromatic N) is 2. The van der Waals surface area contributed by atoms with Gasteiger partial charge < -0.3 is 39.1 Å². The fourth-order valence-corrected chi connectivity index (χ4v) is 10.5. The molecule has 5 rings (SSSR count). The number of rotatable bonds is 11. The number of nitrogens with one attached hydrogen (secondary N) is 2. The van der Waals surface area contributed by atoms with Crippen molar-refractivity contribution in [2.75, 3.05) is 43.6 Å². The third kappa shape index (κ3) is 6.41. The highest BCUT2D eigenvalue weighted by Gasteiger charge is 2.67. The SMILES string of the molecule is COC(=O)CCCCN1C(=O)[C@]2(O[C@H](CC(=O)N3CCC[C@H]3CO)[C@@H]([Si](C)(C)F)[C@@H]2C)c2cc(NC(=O)[C@H]3CCCN3)ccc21. The van der Waals surface area contributed by atoms with Gasteiger partial charge in [0, 0.05) is 42.2 Å². The quantitative estimate of drug-likeness (QED) is 0.144. The molecule has 0 radical (unpaired) electrons. The zero-order valence-electron chi connectivity index (χ0n) is 26.8. The summed E-state index contributed by atoms with van der Waals surface area (Å²) in [5.41, 5.74) is -0.520. The summed E-state index contributed by atoms with van der Waals surface area (Å²) in [6.45, 7) is 6.51. The van der Waals surface area contributed by atoms with E-state index in [9.17, 15) is 24.3 Å². The summed E-state index contributed by atoms with van der Waals surface area (Å²) in [6.07, 6.45) is 3.50. The number of unbranched alkanes of at least 4 members (excludes halogenated alkanes) is 1. The van der Waals surface area contributed by atoms with E-state index >= 15 is 4.11 Å². The van der Waals surface area contributed by atoms with Gasteiger partial charge in [-0.25, -0.2) is 0 Å². The summed E-state index contributed by atoms with van der Waals surface area (Å²) >= 11 is 0. The van der Waals surface area contributed by atoms with Crippen LogP contribution in [0.5, 0.6) is 0 Å². The first kappa shape index (κ1) is 33.5. The summed E-state index contributed by atoms with van der Waals surface area (Å²) < 4.78 is 27.7. The van der Waals surface area contributed by atoms with Crippen LogP contribution < -0.4 is 15.5 Å². The van der Waals surface area contributed by atoms with Crippen molar-refractivity contribution in [2.45, 2.75) is 101 Å². The summed E-state index contributed by atoms with van der Waals surface area (Å²) in [5, 5.41) is 16.0. The number of esters is 1. The predicted molar refractivity (Wildman–Crippen MR) is 169 cm³/mol. The van der Waals surface area contributed by atoms with Gasteiger partial charge in [-0.1, -0.05) is 6.92 Å². The molecule has 0 bridgehead atoms. The van der Waals surface area contributed by atoms with Crippen LogP contribution in [0.2, 0.25) is 18.6 Å². The van der Waals surface area contributed by atoms with Crippen molar-refractivity contribution in [1.82, 2.24) is 10.2 Å². The van der Waals surface area contributed by atoms with Gasteiger partial charge in [-0.3, -0.25) is 19.2 Å². The number of methoxy groups -OCH3 is 1. The van der Waals surface area contributed by atoms with Crippen LogP contribution in [0, 0.1) is 5.92 Å². The molecule has 6 atom stereocenters. The van der Waals surface area contributed by atoms with Crippen molar-refractivity contribution in [3.63, 3.8) is 0 Å². The highest BCUT2D eigenvalue weighted by molar-refractivity contribution is 6.72. The van der Waals surface area contributed by atoms with Crippen LogP contribution in [-0.2, 0) is 34.3 Å². The number of likely N-dealkylation sites (tertiary alicyclic amines) is 1. The Morgan fingerprint density at radius 3 is 2.67 bits per heavy atom.